The number of benzene rings is 2. The van der Waals surface area contributed by atoms with E-state index in [1.807, 2.05) is 6.92 Å². The van der Waals surface area contributed by atoms with E-state index < -0.39 is 21.9 Å². The number of halogens is 1. The molecule has 1 atom stereocenters. The molecule has 0 saturated heterocycles. The summed E-state index contributed by atoms with van der Waals surface area (Å²) < 4.78 is 51.8. The summed E-state index contributed by atoms with van der Waals surface area (Å²) in [5, 5.41) is 0. The summed E-state index contributed by atoms with van der Waals surface area (Å²) in [5.41, 5.74) is 1.11. The molecule has 25 heavy (non-hydrogen) atoms. The third kappa shape index (κ3) is 4.29. The SMILES string of the molecule is CC[C@H](NS(=O)(=O)c1ccc(F)cc1C)c1ccc(OC)c(OC)c1. The van der Waals surface area contributed by atoms with Crippen LogP contribution in [0.25, 0.3) is 0 Å². The van der Waals surface area contributed by atoms with Gasteiger partial charge >= 0.3 is 0 Å². The Morgan fingerprint density at radius 2 is 1.76 bits per heavy atom. The van der Waals surface area contributed by atoms with Gasteiger partial charge in [0.25, 0.3) is 0 Å². The van der Waals surface area contributed by atoms with Gasteiger partial charge in [0.15, 0.2) is 11.5 Å². The van der Waals surface area contributed by atoms with E-state index in [0.29, 0.717) is 23.5 Å². The zero-order valence-corrected chi connectivity index (χ0v) is 15.5. The average molecular weight is 367 g/mol. The lowest BCUT2D eigenvalue weighted by molar-refractivity contribution is 0.354. The molecule has 0 aliphatic heterocycles. The molecule has 0 amide bonds. The molecule has 0 fully saturated rings. The van der Waals surface area contributed by atoms with Crippen LogP contribution in [-0.2, 0) is 10.0 Å². The molecule has 0 spiro atoms. The van der Waals surface area contributed by atoms with E-state index in [1.54, 1.807) is 25.1 Å². The van der Waals surface area contributed by atoms with Crippen molar-refractivity contribution in [2.75, 3.05) is 14.2 Å². The number of methoxy groups -OCH3 is 2. The van der Waals surface area contributed by atoms with Crippen molar-refractivity contribution < 1.29 is 22.3 Å². The molecule has 0 aliphatic rings. The molecule has 0 saturated carbocycles. The Kier molecular flexibility index (Phi) is 6.02. The lowest BCUT2D eigenvalue weighted by Crippen LogP contribution is -2.29. The zero-order chi connectivity index (χ0) is 18.6. The van der Waals surface area contributed by atoms with Gasteiger partial charge in [0.05, 0.1) is 19.1 Å². The van der Waals surface area contributed by atoms with Crippen LogP contribution in [0.1, 0.15) is 30.5 Å². The first-order valence-corrected chi connectivity index (χ1v) is 9.31. The Hall–Kier alpha value is -2.12. The summed E-state index contributed by atoms with van der Waals surface area (Å²) in [7, 11) is -0.732. The first-order chi connectivity index (χ1) is 11.8. The summed E-state index contributed by atoms with van der Waals surface area (Å²) >= 11 is 0. The van der Waals surface area contributed by atoms with Crippen molar-refractivity contribution >= 4 is 10.0 Å². The number of hydrogen-bond donors (Lipinski definition) is 1. The summed E-state index contributed by atoms with van der Waals surface area (Å²) in [6.07, 6.45) is 0.537. The van der Waals surface area contributed by atoms with Crippen LogP contribution in [-0.4, -0.2) is 22.6 Å². The number of rotatable bonds is 7. The molecule has 2 aromatic rings. The first kappa shape index (κ1) is 19.2. The molecule has 2 aromatic carbocycles. The van der Waals surface area contributed by atoms with Crippen molar-refractivity contribution in [2.24, 2.45) is 0 Å². The predicted molar refractivity (Wildman–Crippen MR) is 94.0 cm³/mol. The zero-order valence-electron chi connectivity index (χ0n) is 14.7. The minimum Gasteiger partial charge on any atom is -0.493 e. The second kappa shape index (κ2) is 7.84. The van der Waals surface area contributed by atoms with Gasteiger partial charge in [-0.2, -0.15) is 0 Å². The van der Waals surface area contributed by atoms with Gasteiger partial charge in [0.2, 0.25) is 10.0 Å². The molecule has 0 unspecified atom stereocenters. The van der Waals surface area contributed by atoms with Crippen LogP contribution in [0.2, 0.25) is 0 Å². The van der Waals surface area contributed by atoms with Gasteiger partial charge < -0.3 is 9.47 Å². The van der Waals surface area contributed by atoms with Gasteiger partial charge in [0.1, 0.15) is 5.82 Å². The largest absolute Gasteiger partial charge is 0.493 e. The fraction of sp³-hybridized carbons (Fsp3) is 0.333. The standard InChI is InChI=1S/C18H22FNO4S/c1-5-15(13-6-8-16(23-3)17(11-13)24-4)20-25(21,22)18-9-7-14(19)10-12(18)2/h6-11,15,20H,5H2,1-4H3/t15-/m0/s1. The number of sulfonamides is 1. The van der Waals surface area contributed by atoms with E-state index in [0.717, 1.165) is 11.6 Å². The fourth-order valence-electron chi connectivity index (χ4n) is 2.62. The van der Waals surface area contributed by atoms with Crippen molar-refractivity contribution in [1.29, 1.82) is 0 Å². The number of aryl methyl sites for hydroxylation is 1. The first-order valence-electron chi connectivity index (χ1n) is 7.82. The third-order valence-corrected chi connectivity index (χ3v) is 5.57. The molecule has 1 N–H and O–H groups in total. The van der Waals surface area contributed by atoms with Gasteiger partial charge in [-0.1, -0.05) is 13.0 Å². The van der Waals surface area contributed by atoms with Gasteiger partial charge in [0, 0.05) is 6.04 Å². The smallest absolute Gasteiger partial charge is 0.241 e. The fourth-order valence-corrected chi connectivity index (χ4v) is 4.16. The predicted octanol–water partition coefficient (Wildman–Crippen LogP) is 3.58. The van der Waals surface area contributed by atoms with Crippen LogP contribution in [0.15, 0.2) is 41.3 Å². The highest BCUT2D eigenvalue weighted by molar-refractivity contribution is 7.89. The van der Waals surface area contributed by atoms with Crippen molar-refractivity contribution in [3.8, 4) is 11.5 Å². The van der Waals surface area contributed by atoms with Crippen molar-refractivity contribution in [2.45, 2.75) is 31.2 Å². The lowest BCUT2D eigenvalue weighted by Gasteiger charge is -2.20. The summed E-state index contributed by atoms with van der Waals surface area (Å²) in [4.78, 5) is 0.0628. The van der Waals surface area contributed by atoms with Crippen LogP contribution >= 0.6 is 0 Å². The minimum atomic E-state index is -3.79. The molecule has 136 valence electrons. The number of ether oxygens (including phenoxy) is 2. The Bertz CT molecular complexity index is 852. The topological polar surface area (TPSA) is 64.6 Å². The van der Waals surface area contributed by atoms with Gasteiger partial charge in [-0.15, -0.1) is 0 Å². The third-order valence-electron chi connectivity index (χ3n) is 3.94. The van der Waals surface area contributed by atoms with E-state index in [9.17, 15) is 12.8 Å². The van der Waals surface area contributed by atoms with E-state index in [1.165, 1.54) is 26.4 Å². The second-order valence-corrected chi connectivity index (χ2v) is 7.29. The van der Waals surface area contributed by atoms with Crippen molar-refractivity contribution in [1.82, 2.24) is 4.72 Å². The van der Waals surface area contributed by atoms with Crippen molar-refractivity contribution in [3.63, 3.8) is 0 Å². The Morgan fingerprint density at radius 3 is 2.32 bits per heavy atom. The molecule has 0 heterocycles. The van der Waals surface area contributed by atoms with E-state index in [-0.39, 0.29) is 4.90 Å². The van der Waals surface area contributed by atoms with Crippen molar-refractivity contribution in [3.05, 3.63) is 53.3 Å². The summed E-state index contributed by atoms with van der Waals surface area (Å²) in [5.74, 6) is 0.623. The normalized spacial score (nSPS) is 12.7. The maximum atomic E-state index is 13.2. The minimum absolute atomic E-state index is 0.0628. The van der Waals surface area contributed by atoms with E-state index >= 15 is 0 Å². The highest BCUT2D eigenvalue weighted by atomic mass is 32.2. The highest BCUT2D eigenvalue weighted by Gasteiger charge is 2.23. The van der Waals surface area contributed by atoms with E-state index in [2.05, 4.69) is 4.72 Å². The van der Waals surface area contributed by atoms with Gasteiger partial charge in [-0.3, -0.25) is 0 Å². The molecule has 0 bridgehead atoms. The van der Waals surface area contributed by atoms with E-state index in [4.69, 9.17) is 9.47 Å². The number of hydrogen-bond acceptors (Lipinski definition) is 4. The average Bonchev–Trinajstić information content (AvgIpc) is 2.58. The van der Waals surface area contributed by atoms with Crippen LogP contribution < -0.4 is 14.2 Å². The van der Waals surface area contributed by atoms with Gasteiger partial charge in [-0.05, 0) is 54.8 Å². The molecule has 0 aromatic heterocycles. The van der Waals surface area contributed by atoms with Crippen LogP contribution in [0.5, 0.6) is 11.5 Å². The highest BCUT2D eigenvalue weighted by Crippen LogP contribution is 2.31. The second-order valence-electron chi connectivity index (χ2n) is 5.61. The van der Waals surface area contributed by atoms with Gasteiger partial charge in [-0.25, -0.2) is 17.5 Å². The monoisotopic (exact) mass is 367 g/mol. The lowest BCUT2D eigenvalue weighted by atomic mass is 10.1. The Morgan fingerprint density at radius 1 is 1.08 bits per heavy atom. The summed E-state index contributed by atoms with van der Waals surface area (Å²) in [6.45, 7) is 3.44. The molecule has 2 rings (SSSR count). The molecule has 7 heteroatoms. The van der Waals surface area contributed by atoms with Crippen LogP contribution in [0, 0.1) is 12.7 Å². The van der Waals surface area contributed by atoms with Crippen LogP contribution in [0.3, 0.4) is 0 Å². The molecule has 5 nitrogen and oxygen atoms in total. The number of nitrogens with one attached hydrogen (secondary N) is 1. The summed E-state index contributed by atoms with van der Waals surface area (Å²) in [6, 6.07) is 8.42. The Balaban J connectivity index is 2.35. The van der Waals surface area contributed by atoms with Crippen LogP contribution in [0.4, 0.5) is 4.39 Å². The molecule has 0 radical (unpaired) electrons. The maximum absolute atomic E-state index is 13.2. The molecular formula is C18H22FNO4S. The molecular weight excluding hydrogens is 345 g/mol. The maximum Gasteiger partial charge on any atom is 0.241 e. The molecule has 0 aliphatic carbocycles. The Labute approximate surface area is 147 Å². The quantitative estimate of drug-likeness (QED) is 0.812.